The first-order chi connectivity index (χ1) is 12.8. The minimum absolute atomic E-state index is 0.0686. The van der Waals surface area contributed by atoms with Gasteiger partial charge in [-0.15, -0.1) is 0 Å². The molecule has 2 rings (SSSR count). The topological polar surface area (TPSA) is 72.9 Å². The van der Waals surface area contributed by atoms with Gasteiger partial charge in [0.05, 0.1) is 0 Å². The lowest BCUT2D eigenvalue weighted by Gasteiger charge is -2.35. The fraction of sp³-hybridized carbons (Fsp3) is 0.476. The average molecular weight is 391 g/mol. The van der Waals surface area contributed by atoms with Gasteiger partial charge in [0, 0.05) is 18.1 Å². The first-order valence-corrected chi connectivity index (χ1v) is 9.03. The van der Waals surface area contributed by atoms with Gasteiger partial charge in [-0.25, -0.2) is 18.9 Å². The van der Waals surface area contributed by atoms with Crippen LogP contribution in [0.4, 0.5) is 9.18 Å². The number of esters is 1. The zero-order chi connectivity index (χ0) is 21.3. The van der Waals surface area contributed by atoms with E-state index in [0.717, 1.165) is 11.0 Å². The summed E-state index contributed by atoms with van der Waals surface area (Å²) in [6.45, 7) is 10.0. The van der Waals surface area contributed by atoms with E-state index in [9.17, 15) is 18.8 Å². The van der Waals surface area contributed by atoms with Gasteiger partial charge in [0.1, 0.15) is 23.1 Å². The molecule has 152 valence electrons. The Bertz CT molecular complexity index is 817. The Morgan fingerprint density at radius 1 is 1.04 bits per heavy atom. The molecule has 0 unspecified atom stereocenters. The maximum Gasteiger partial charge on any atom is 0.418 e. The highest BCUT2D eigenvalue weighted by Gasteiger charge is 2.42. The van der Waals surface area contributed by atoms with E-state index in [2.05, 4.69) is 0 Å². The normalized spacial score (nSPS) is 17.8. The molecule has 1 aromatic carbocycles. The number of hydrogen-bond acceptors (Lipinski definition) is 5. The highest BCUT2D eigenvalue weighted by atomic mass is 19.1. The molecule has 6 nitrogen and oxygen atoms in total. The van der Waals surface area contributed by atoms with Crippen LogP contribution in [-0.2, 0) is 19.1 Å². The van der Waals surface area contributed by atoms with E-state index < -0.39 is 41.0 Å². The number of ether oxygens (including phenoxy) is 2. The number of carbonyl (C=O) groups is 3. The van der Waals surface area contributed by atoms with Gasteiger partial charge >= 0.3 is 12.1 Å². The fourth-order valence-corrected chi connectivity index (χ4v) is 2.73. The van der Waals surface area contributed by atoms with Crippen LogP contribution in [0.3, 0.4) is 0 Å². The fourth-order valence-electron chi connectivity index (χ4n) is 2.73. The summed E-state index contributed by atoms with van der Waals surface area (Å²) >= 11 is 0. The second kappa shape index (κ2) is 7.73. The molecule has 0 saturated carbocycles. The van der Waals surface area contributed by atoms with Gasteiger partial charge in [0.25, 0.3) is 5.91 Å². The Morgan fingerprint density at radius 3 is 2.14 bits per heavy atom. The van der Waals surface area contributed by atoms with Gasteiger partial charge in [-0.2, -0.15) is 0 Å². The summed E-state index contributed by atoms with van der Waals surface area (Å²) in [4.78, 5) is 38.8. The third kappa shape index (κ3) is 5.41. The van der Waals surface area contributed by atoms with Gasteiger partial charge in [-0.3, -0.25) is 4.79 Å². The Hall–Kier alpha value is -2.70. The first-order valence-electron chi connectivity index (χ1n) is 9.03. The van der Waals surface area contributed by atoms with Crippen molar-refractivity contribution < 1.29 is 28.2 Å². The average Bonchev–Trinajstić information content (AvgIpc) is 2.51. The summed E-state index contributed by atoms with van der Waals surface area (Å²) in [5.41, 5.74) is -1.16. The van der Waals surface area contributed by atoms with Crippen molar-refractivity contribution in [2.45, 2.75) is 65.2 Å². The maximum absolute atomic E-state index is 14.2. The van der Waals surface area contributed by atoms with Gasteiger partial charge in [-0.1, -0.05) is 18.2 Å². The predicted molar refractivity (Wildman–Crippen MR) is 102 cm³/mol. The van der Waals surface area contributed by atoms with E-state index in [0.29, 0.717) is 5.57 Å². The van der Waals surface area contributed by atoms with Gasteiger partial charge < -0.3 is 9.47 Å². The van der Waals surface area contributed by atoms with E-state index in [4.69, 9.17) is 9.47 Å². The van der Waals surface area contributed by atoms with Crippen LogP contribution in [0, 0.1) is 5.82 Å². The Balaban J connectivity index is 2.44. The first kappa shape index (κ1) is 21.6. The van der Waals surface area contributed by atoms with Crippen molar-refractivity contribution in [3.63, 3.8) is 0 Å². The van der Waals surface area contributed by atoms with E-state index >= 15 is 0 Å². The molecule has 0 radical (unpaired) electrons. The molecule has 1 aliphatic heterocycles. The number of rotatable bonds is 2. The molecular formula is C21H26FNO5. The minimum Gasteiger partial charge on any atom is -0.458 e. The molecule has 28 heavy (non-hydrogen) atoms. The molecule has 1 aromatic rings. The van der Waals surface area contributed by atoms with Crippen molar-refractivity contribution in [3.05, 3.63) is 41.7 Å². The van der Waals surface area contributed by atoms with Gasteiger partial charge in [0.2, 0.25) is 0 Å². The SMILES string of the molecule is CC(C)(C)OC(=O)[C@H]1CC(c2ccccc2F)=CC(=O)N1C(=O)OC(C)(C)C. The van der Waals surface area contributed by atoms with Gasteiger partial charge in [0.15, 0.2) is 0 Å². The number of carbonyl (C=O) groups excluding carboxylic acids is 3. The van der Waals surface area contributed by atoms with E-state index in [1.807, 2.05) is 0 Å². The molecule has 0 N–H and O–H groups in total. The van der Waals surface area contributed by atoms with Crippen LogP contribution in [0.25, 0.3) is 5.57 Å². The molecule has 0 spiro atoms. The molecule has 0 aliphatic carbocycles. The molecule has 1 atom stereocenters. The minimum atomic E-state index is -1.25. The Kier molecular flexibility index (Phi) is 5.97. The number of benzene rings is 1. The lowest BCUT2D eigenvalue weighted by atomic mass is 9.93. The summed E-state index contributed by atoms with van der Waals surface area (Å²) in [6, 6.07) is 4.70. The summed E-state index contributed by atoms with van der Waals surface area (Å²) in [6.07, 6.45) is 0.140. The van der Waals surface area contributed by atoms with Crippen molar-refractivity contribution in [2.75, 3.05) is 0 Å². The van der Waals surface area contributed by atoms with Crippen LogP contribution in [0.15, 0.2) is 30.3 Å². The quantitative estimate of drug-likeness (QED) is 0.710. The molecule has 0 aromatic heterocycles. The van der Waals surface area contributed by atoms with Crippen molar-refractivity contribution in [1.29, 1.82) is 0 Å². The van der Waals surface area contributed by atoms with Crippen LogP contribution >= 0.6 is 0 Å². The molecule has 1 heterocycles. The van der Waals surface area contributed by atoms with Crippen LogP contribution in [0.5, 0.6) is 0 Å². The molecule has 0 bridgehead atoms. The van der Waals surface area contributed by atoms with Crippen molar-refractivity contribution in [2.24, 2.45) is 0 Å². The molecule has 0 fully saturated rings. The number of nitrogens with zero attached hydrogens (tertiary/aromatic N) is 1. The van der Waals surface area contributed by atoms with E-state index in [-0.39, 0.29) is 12.0 Å². The highest BCUT2D eigenvalue weighted by Crippen LogP contribution is 2.31. The predicted octanol–water partition coefficient (Wildman–Crippen LogP) is 4.09. The molecule has 1 aliphatic rings. The summed E-state index contributed by atoms with van der Waals surface area (Å²) in [5, 5.41) is 0. The lowest BCUT2D eigenvalue weighted by molar-refractivity contribution is -0.163. The molecule has 7 heteroatoms. The summed E-state index contributed by atoms with van der Waals surface area (Å²) in [5.74, 6) is -2.03. The standard InChI is InChI=1S/C21H26FNO5/c1-20(2,3)27-18(25)16-11-13(14-9-7-8-10-15(14)22)12-17(24)23(16)19(26)28-21(4,5)6/h7-10,12,16H,11H2,1-6H3/t16-/m1/s1. The van der Waals surface area contributed by atoms with E-state index in [1.54, 1.807) is 47.6 Å². The number of amides is 2. The van der Waals surface area contributed by atoms with Crippen LogP contribution < -0.4 is 0 Å². The third-order valence-electron chi connectivity index (χ3n) is 3.75. The second-order valence-corrected chi connectivity index (χ2v) is 8.59. The maximum atomic E-state index is 14.2. The van der Waals surface area contributed by atoms with Crippen molar-refractivity contribution in [3.8, 4) is 0 Å². The Labute approximate surface area is 164 Å². The van der Waals surface area contributed by atoms with Crippen LogP contribution in [0.1, 0.15) is 53.5 Å². The lowest BCUT2D eigenvalue weighted by Crippen LogP contribution is -2.53. The second-order valence-electron chi connectivity index (χ2n) is 8.59. The monoisotopic (exact) mass is 391 g/mol. The summed E-state index contributed by atoms with van der Waals surface area (Å²) < 4.78 is 24.9. The zero-order valence-corrected chi connectivity index (χ0v) is 17.0. The molecule has 2 amide bonds. The van der Waals surface area contributed by atoms with E-state index in [1.165, 1.54) is 18.2 Å². The smallest absolute Gasteiger partial charge is 0.418 e. The largest absolute Gasteiger partial charge is 0.458 e. The van der Waals surface area contributed by atoms with Crippen LogP contribution in [0.2, 0.25) is 0 Å². The van der Waals surface area contributed by atoms with Crippen molar-refractivity contribution >= 4 is 23.5 Å². The number of halogens is 1. The molecular weight excluding hydrogens is 365 g/mol. The zero-order valence-electron chi connectivity index (χ0n) is 17.0. The van der Waals surface area contributed by atoms with Crippen LogP contribution in [-0.4, -0.2) is 40.1 Å². The summed E-state index contributed by atoms with van der Waals surface area (Å²) in [7, 11) is 0. The van der Waals surface area contributed by atoms with Crippen molar-refractivity contribution in [1.82, 2.24) is 4.90 Å². The third-order valence-corrected chi connectivity index (χ3v) is 3.75. The Morgan fingerprint density at radius 2 is 1.61 bits per heavy atom. The highest BCUT2D eigenvalue weighted by molar-refractivity contribution is 6.08. The number of imide groups is 1. The number of hydrogen-bond donors (Lipinski definition) is 0. The molecule has 0 saturated heterocycles. The van der Waals surface area contributed by atoms with Gasteiger partial charge in [-0.05, 0) is 53.2 Å².